The number of ether oxygens (including phenoxy) is 1. The molecule has 9 nitrogen and oxygen atoms in total. The summed E-state index contributed by atoms with van der Waals surface area (Å²) in [6, 6.07) is 5.85. The molecule has 27 heavy (non-hydrogen) atoms. The molecule has 2 amide bonds. The Bertz CT molecular complexity index is 686. The second-order valence-corrected chi connectivity index (χ2v) is 6.91. The van der Waals surface area contributed by atoms with E-state index in [4.69, 9.17) is 0 Å². The van der Waals surface area contributed by atoms with Crippen molar-refractivity contribution in [2.24, 2.45) is 5.92 Å². The molecule has 1 aromatic carbocycles. The number of carbonyl (C=O) groups is 2. The van der Waals surface area contributed by atoms with Crippen molar-refractivity contribution < 1.29 is 19.2 Å². The van der Waals surface area contributed by atoms with Crippen LogP contribution in [0.15, 0.2) is 24.3 Å². The topological polar surface area (TPSA) is 105 Å². The third-order valence-corrected chi connectivity index (χ3v) is 4.48. The molecule has 0 saturated carbocycles. The molecule has 1 aliphatic heterocycles. The number of nitrogens with one attached hydrogen (secondary N) is 1. The Hall–Kier alpha value is -2.84. The van der Waals surface area contributed by atoms with Crippen LogP contribution in [0.5, 0.6) is 0 Å². The molecule has 2 rings (SSSR count). The van der Waals surface area contributed by atoms with Gasteiger partial charge in [-0.25, -0.2) is 4.79 Å². The van der Waals surface area contributed by atoms with Crippen molar-refractivity contribution in [2.45, 2.75) is 26.3 Å². The van der Waals surface area contributed by atoms with E-state index in [0.717, 1.165) is 5.69 Å². The molecule has 1 atom stereocenters. The second kappa shape index (κ2) is 9.20. The highest BCUT2D eigenvalue weighted by molar-refractivity contribution is 5.86. The smallest absolute Gasteiger partial charge is 0.407 e. The van der Waals surface area contributed by atoms with E-state index in [1.54, 1.807) is 11.0 Å². The van der Waals surface area contributed by atoms with Crippen LogP contribution in [0.4, 0.5) is 16.2 Å². The summed E-state index contributed by atoms with van der Waals surface area (Å²) in [6.45, 7) is 6.08. The maximum absolute atomic E-state index is 12.8. The minimum atomic E-state index is -0.623. The van der Waals surface area contributed by atoms with Gasteiger partial charge in [0.1, 0.15) is 6.04 Å². The van der Waals surface area contributed by atoms with Crippen LogP contribution in [-0.2, 0) is 9.53 Å². The summed E-state index contributed by atoms with van der Waals surface area (Å²) < 4.78 is 4.62. The third-order valence-electron chi connectivity index (χ3n) is 4.48. The highest BCUT2D eigenvalue weighted by atomic mass is 16.6. The van der Waals surface area contributed by atoms with E-state index in [1.807, 2.05) is 24.8 Å². The maximum Gasteiger partial charge on any atom is 0.407 e. The largest absolute Gasteiger partial charge is 0.453 e. The van der Waals surface area contributed by atoms with Gasteiger partial charge in [-0.2, -0.15) is 0 Å². The Morgan fingerprint density at radius 3 is 2.48 bits per heavy atom. The van der Waals surface area contributed by atoms with Gasteiger partial charge < -0.3 is 19.9 Å². The molecule has 0 aromatic heterocycles. The number of piperazine rings is 1. The monoisotopic (exact) mass is 378 g/mol. The van der Waals surface area contributed by atoms with Gasteiger partial charge in [0.05, 0.1) is 12.0 Å². The van der Waals surface area contributed by atoms with Gasteiger partial charge in [-0.3, -0.25) is 14.9 Å². The maximum atomic E-state index is 12.8. The number of rotatable bonds is 6. The number of anilines is 1. The summed E-state index contributed by atoms with van der Waals surface area (Å²) in [6.07, 6.45) is -0.0943. The highest BCUT2D eigenvalue weighted by Crippen LogP contribution is 2.22. The molecule has 1 fully saturated rings. The van der Waals surface area contributed by atoms with Crippen LogP contribution in [0.3, 0.4) is 0 Å². The zero-order valence-electron chi connectivity index (χ0n) is 15.9. The zero-order valence-corrected chi connectivity index (χ0v) is 15.9. The van der Waals surface area contributed by atoms with E-state index < -0.39 is 17.1 Å². The zero-order chi connectivity index (χ0) is 20.0. The minimum absolute atomic E-state index is 0.0466. The number of nitro benzene ring substituents is 1. The lowest BCUT2D eigenvalue weighted by atomic mass is 10.0. The molecule has 0 spiro atoms. The highest BCUT2D eigenvalue weighted by Gasteiger charge is 2.29. The summed E-state index contributed by atoms with van der Waals surface area (Å²) in [7, 11) is 1.27. The molecular formula is C18H26N4O5. The van der Waals surface area contributed by atoms with E-state index in [1.165, 1.54) is 19.2 Å². The lowest BCUT2D eigenvalue weighted by Crippen LogP contribution is -2.55. The minimum Gasteiger partial charge on any atom is -0.453 e. The molecule has 1 aliphatic rings. The summed E-state index contributed by atoms with van der Waals surface area (Å²) in [4.78, 5) is 38.6. The lowest BCUT2D eigenvalue weighted by Gasteiger charge is -2.37. The number of non-ortho nitro benzene ring substituents is 1. The number of hydrogen-bond acceptors (Lipinski definition) is 6. The number of nitro groups is 1. The number of nitrogens with zero attached hydrogens (tertiary/aromatic N) is 3. The van der Waals surface area contributed by atoms with Crippen LogP contribution in [0.25, 0.3) is 0 Å². The first-order valence-electron chi connectivity index (χ1n) is 8.94. The van der Waals surface area contributed by atoms with Gasteiger partial charge in [0, 0.05) is 44.0 Å². The molecule has 1 heterocycles. The molecule has 9 heteroatoms. The predicted octanol–water partition coefficient (Wildman–Crippen LogP) is 2.01. The average Bonchev–Trinajstić information content (AvgIpc) is 2.66. The predicted molar refractivity (Wildman–Crippen MR) is 101 cm³/mol. The first-order chi connectivity index (χ1) is 12.8. The standard InChI is InChI=1S/C18H26N4O5/c1-13(2)11-16(19-18(24)27-3)17(23)21-9-7-20(8-10-21)14-5-4-6-15(12-14)22(25)26/h4-6,12-13,16H,7-11H2,1-3H3,(H,19,24). The van der Waals surface area contributed by atoms with E-state index in [9.17, 15) is 19.7 Å². The van der Waals surface area contributed by atoms with E-state index in [0.29, 0.717) is 32.6 Å². The Morgan fingerprint density at radius 1 is 1.26 bits per heavy atom. The Kier molecular flexibility index (Phi) is 6.98. The van der Waals surface area contributed by atoms with Crippen LogP contribution < -0.4 is 10.2 Å². The molecular weight excluding hydrogens is 352 g/mol. The molecule has 1 aromatic rings. The first-order valence-corrected chi connectivity index (χ1v) is 8.94. The summed E-state index contributed by atoms with van der Waals surface area (Å²) >= 11 is 0. The number of carbonyl (C=O) groups excluding carboxylic acids is 2. The first kappa shape index (κ1) is 20.5. The molecule has 148 valence electrons. The number of benzene rings is 1. The van der Waals surface area contributed by atoms with Crippen molar-refractivity contribution in [3.63, 3.8) is 0 Å². The van der Waals surface area contributed by atoms with Crippen LogP contribution >= 0.6 is 0 Å². The number of alkyl carbamates (subject to hydrolysis) is 1. The fourth-order valence-electron chi connectivity index (χ4n) is 3.10. The number of amides is 2. The van der Waals surface area contributed by atoms with Crippen molar-refractivity contribution >= 4 is 23.4 Å². The van der Waals surface area contributed by atoms with Crippen LogP contribution in [-0.4, -0.2) is 61.2 Å². The van der Waals surface area contributed by atoms with Gasteiger partial charge in [-0.15, -0.1) is 0 Å². The molecule has 1 N–H and O–H groups in total. The van der Waals surface area contributed by atoms with E-state index >= 15 is 0 Å². The Morgan fingerprint density at radius 2 is 1.93 bits per heavy atom. The molecule has 1 unspecified atom stereocenters. The normalized spacial score (nSPS) is 15.4. The second-order valence-electron chi connectivity index (χ2n) is 6.91. The van der Waals surface area contributed by atoms with Gasteiger partial charge in [0.15, 0.2) is 0 Å². The van der Waals surface area contributed by atoms with Crippen LogP contribution in [0.1, 0.15) is 20.3 Å². The number of hydrogen-bond donors (Lipinski definition) is 1. The lowest BCUT2D eigenvalue weighted by molar-refractivity contribution is -0.384. The molecule has 1 saturated heterocycles. The molecule has 0 aliphatic carbocycles. The van der Waals surface area contributed by atoms with Crippen molar-refractivity contribution in [1.82, 2.24) is 10.2 Å². The third kappa shape index (κ3) is 5.57. The summed E-state index contributed by atoms with van der Waals surface area (Å²) in [5.74, 6) is 0.107. The van der Waals surface area contributed by atoms with E-state index in [-0.39, 0.29) is 17.5 Å². The van der Waals surface area contributed by atoms with Crippen molar-refractivity contribution in [2.75, 3.05) is 38.2 Å². The van der Waals surface area contributed by atoms with Crippen LogP contribution in [0.2, 0.25) is 0 Å². The molecule has 0 bridgehead atoms. The fraction of sp³-hybridized carbons (Fsp3) is 0.556. The van der Waals surface area contributed by atoms with Crippen LogP contribution in [0, 0.1) is 16.0 Å². The van der Waals surface area contributed by atoms with Crippen molar-refractivity contribution in [3.8, 4) is 0 Å². The fourth-order valence-corrected chi connectivity index (χ4v) is 3.10. The van der Waals surface area contributed by atoms with Crippen molar-refractivity contribution in [3.05, 3.63) is 34.4 Å². The quantitative estimate of drug-likeness (QED) is 0.600. The van der Waals surface area contributed by atoms with Gasteiger partial charge in [-0.1, -0.05) is 19.9 Å². The van der Waals surface area contributed by atoms with Gasteiger partial charge >= 0.3 is 6.09 Å². The Labute approximate surface area is 158 Å². The van der Waals surface area contributed by atoms with Crippen molar-refractivity contribution in [1.29, 1.82) is 0 Å². The van der Waals surface area contributed by atoms with Gasteiger partial charge in [0.2, 0.25) is 5.91 Å². The summed E-state index contributed by atoms with van der Waals surface area (Å²) in [5.41, 5.74) is 0.813. The molecule has 0 radical (unpaired) electrons. The van der Waals surface area contributed by atoms with Gasteiger partial charge in [-0.05, 0) is 18.4 Å². The average molecular weight is 378 g/mol. The SMILES string of the molecule is COC(=O)NC(CC(C)C)C(=O)N1CCN(c2cccc([N+](=O)[O-])c2)CC1. The van der Waals surface area contributed by atoms with Gasteiger partial charge in [0.25, 0.3) is 5.69 Å². The van der Waals surface area contributed by atoms with E-state index in [2.05, 4.69) is 10.1 Å². The number of methoxy groups -OCH3 is 1. The summed E-state index contributed by atoms with van der Waals surface area (Å²) in [5, 5.41) is 13.6. The Balaban J connectivity index is 2.00.